The van der Waals surface area contributed by atoms with E-state index in [-0.39, 0.29) is 13.0 Å². The largest absolute Gasteiger partial charge is 0.332 e. The number of carbonyl (C=O) groups is 1. The Balaban J connectivity index is 2.71. The van der Waals surface area contributed by atoms with Crippen LogP contribution >= 0.6 is 0 Å². The van der Waals surface area contributed by atoms with Crippen LogP contribution in [-0.4, -0.2) is 35.4 Å². The zero-order valence-electron chi connectivity index (χ0n) is 7.76. The third-order valence-corrected chi connectivity index (χ3v) is 2.44. The number of hydrogen-bond donors (Lipinski definition) is 1. The molecule has 0 aromatic carbocycles. The number of alkyl halides is 2. The van der Waals surface area contributed by atoms with E-state index >= 15 is 0 Å². The van der Waals surface area contributed by atoms with Crippen molar-refractivity contribution in [3.63, 3.8) is 0 Å². The summed E-state index contributed by atoms with van der Waals surface area (Å²) < 4.78 is 26.0. The Kier molecular flexibility index (Phi) is 2.56. The molecule has 0 saturated carbocycles. The van der Waals surface area contributed by atoms with Gasteiger partial charge >= 0.3 is 0 Å². The van der Waals surface area contributed by atoms with Gasteiger partial charge in [-0.15, -0.1) is 0 Å². The third kappa shape index (κ3) is 1.80. The summed E-state index contributed by atoms with van der Waals surface area (Å²) in [5.41, 5.74) is 5.33. The van der Waals surface area contributed by atoms with E-state index in [4.69, 9.17) is 5.73 Å². The van der Waals surface area contributed by atoms with Crippen molar-refractivity contribution in [1.29, 1.82) is 0 Å². The smallest absolute Gasteiger partial charge is 0.269 e. The Morgan fingerprint density at radius 1 is 1.69 bits per heavy atom. The molecule has 3 nitrogen and oxygen atoms in total. The summed E-state index contributed by atoms with van der Waals surface area (Å²) in [6.45, 7) is 2.97. The lowest BCUT2D eigenvalue weighted by Gasteiger charge is -2.25. The second kappa shape index (κ2) is 3.21. The van der Waals surface area contributed by atoms with Gasteiger partial charge in [-0.25, -0.2) is 8.78 Å². The Labute approximate surface area is 75.9 Å². The second-order valence-corrected chi connectivity index (χ2v) is 3.51. The summed E-state index contributed by atoms with van der Waals surface area (Å²) in [4.78, 5) is 12.5. The molecule has 0 aromatic rings. The van der Waals surface area contributed by atoms with Crippen molar-refractivity contribution < 1.29 is 13.6 Å². The van der Waals surface area contributed by atoms with Crippen LogP contribution < -0.4 is 5.73 Å². The maximum Gasteiger partial charge on any atom is 0.269 e. The number of carbonyl (C=O) groups excluding carboxylic acids is 1. The van der Waals surface area contributed by atoms with Gasteiger partial charge in [0, 0.05) is 13.0 Å². The lowest BCUT2D eigenvalue weighted by molar-refractivity contribution is -0.136. The molecule has 0 radical (unpaired) electrons. The van der Waals surface area contributed by atoms with Crippen LogP contribution in [0.3, 0.4) is 0 Å². The highest BCUT2D eigenvalue weighted by Gasteiger charge is 2.47. The number of nitrogens with two attached hydrogens (primary N) is 1. The highest BCUT2D eigenvalue weighted by atomic mass is 19.3. The molecule has 1 aliphatic heterocycles. The van der Waals surface area contributed by atoms with Crippen molar-refractivity contribution in [2.24, 2.45) is 5.73 Å². The molecule has 1 rings (SSSR count). The maximum absolute atomic E-state index is 13.0. The topological polar surface area (TPSA) is 46.3 Å². The van der Waals surface area contributed by atoms with Gasteiger partial charge in [-0.3, -0.25) is 4.79 Å². The van der Waals surface area contributed by atoms with Crippen LogP contribution in [0, 0.1) is 0 Å². The average molecular weight is 192 g/mol. The number of rotatable bonds is 1. The number of nitrogens with zero attached hydrogens (tertiary/aromatic N) is 1. The molecule has 2 unspecified atom stereocenters. The fraction of sp³-hybridized carbons (Fsp3) is 0.875. The van der Waals surface area contributed by atoms with Crippen LogP contribution in [-0.2, 0) is 4.79 Å². The van der Waals surface area contributed by atoms with Crippen molar-refractivity contribution in [1.82, 2.24) is 4.90 Å². The number of amides is 1. The molecular formula is C8H14F2N2O. The Morgan fingerprint density at radius 3 is 2.54 bits per heavy atom. The van der Waals surface area contributed by atoms with Gasteiger partial charge in [0.1, 0.15) is 0 Å². The van der Waals surface area contributed by atoms with Crippen molar-refractivity contribution >= 4 is 5.91 Å². The zero-order valence-corrected chi connectivity index (χ0v) is 7.76. The lowest BCUT2D eigenvalue weighted by atomic mass is 10.2. The minimum absolute atomic E-state index is 0.106. The zero-order chi connectivity index (χ0) is 10.2. The first kappa shape index (κ1) is 10.4. The summed E-state index contributed by atoms with van der Waals surface area (Å²) in [6.07, 6.45) is -0.257. The van der Waals surface area contributed by atoms with Crippen LogP contribution in [0.4, 0.5) is 8.78 Å². The SMILES string of the molecule is CC(N)C(=O)N1CCC(F)(F)C1C. The first-order valence-corrected chi connectivity index (χ1v) is 4.30. The molecule has 2 N–H and O–H groups in total. The predicted octanol–water partition coefficient (Wildman–Crippen LogP) is 0.590. The van der Waals surface area contributed by atoms with Gasteiger partial charge in [0.05, 0.1) is 12.1 Å². The molecule has 1 fully saturated rings. The standard InChI is InChI=1S/C8H14F2N2O/c1-5(11)7(13)12-4-3-8(9,10)6(12)2/h5-6H,3-4,11H2,1-2H3. The van der Waals surface area contributed by atoms with E-state index in [1.807, 2.05) is 0 Å². The average Bonchev–Trinajstić information content (AvgIpc) is 2.27. The monoisotopic (exact) mass is 192 g/mol. The van der Waals surface area contributed by atoms with E-state index in [9.17, 15) is 13.6 Å². The van der Waals surface area contributed by atoms with Crippen LogP contribution in [0.25, 0.3) is 0 Å². The molecule has 1 aliphatic rings. The molecule has 5 heteroatoms. The quantitative estimate of drug-likeness (QED) is 0.661. The van der Waals surface area contributed by atoms with Crippen molar-refractivity contribution in [3.05, 3.63) is 0 Å². The minimum Gasteiger partial charge on any atom is -0.332 e. The van der Waals surface area contributed by atoms with Gasteiger partial charge in [0.2, 0.25) is 5.91 Å². The van der Waals surface area contributed by atoms with E-state index in [2.05, 4.69) is 0 Å². The van der Waals surface area contributed by atoms with E-state index in [1.54, 1.807) is 0 Å². The maximum atomic E-state index is 13.0. The van der Waals surface area contributed by atoms with Gasteiger partial charge in [-0.1, -0.05) is 0 Å². The van der Waals surface area contributed by atoms with Crippen LogP contribution in [0.1, 0.15) is 20.3 Å². The van der Waals surface area contributed by atoms with Gasteiger partial charge < -0.3 is 10.6 Å². The van der Waals surface area contributed by atoms with Gasteiger partial charge in [-0.05, 0) is 13.8 Å². The van der Waals surface area contributed by atoms with E-state index in [1.165, 1.54) is 13.8 Å². The Morgan fingerprint density at radius 2 is 2.23 bits per heavy atom. The molecule has 76 valence electrons. The molecule has 0 aliphatic carbocycles. The highest BCUT2D eigenvalue weighted by Crippen LogP contribution is 2.33. The fourth-order valence-corrected chi connectivity index (χ4v) is 1.46. The third-order valence-electron chi connectivity index (χ3n) is 2.44. The van der Waals surface area contributed by atoms with Crippen molar-refractivity contribution in [2.45, 2.75) is 38.3 Å². The number of hydrogen-bond acceptors (Lipinski definition) is 2. The molecule has 2 atom stereocenters. The molecule has 1 amide bonds. The van der Waals surface area contributed by atoms with Gasteiger partial charge in [0.25, 0.3) is 5.92 Å². The minimum atomic E-state index is -2.76. The summed E-state index contributed by atoms with van der Waals surface area (Å²) in [5, 5.41) is 0. The molecule has 1 saturated heterocycles. The molecule has 1 heterocycles. The Hall–Kier alpha value is -0.710. The van der Waals surface area contributed by atoms with E-state index in [0.29, 0.717) is 0 Å². The van der Waals surface area contributed by atoms with Gasteiger partial charge in [-0.2, -0.15) is 0 Å². The second-order valence-electron chi connectivity index (χ2n) is 3.51. The first-order valence-electron chi connectivity index (χ1n) is 4.30. The fourth-order valence-electron chi connectivity index (χ4n) is 1.46. The van der Waals surface area contributed by atoms with Crippen molar-refractivity contribution in [2.75, 3.05) is 6.54 Å². The summed E-state index contributed by atoms with van der Waals surface area (Å²) in [6, 6.07) is -1.72. The number of likely N-dealkylation sites (tertiary alicyclic amines) is 1. The molecule has 0 bridgehead atoms. The van der Waals surface area contributed by atoms with Crippen LogP contribution in [0.5, 0.6) is 0 Å². The van der Waals surface area contributed by atoms with Gasteiger partial charge in [0.15, 0.2) is 0 Å². The highest BCUT2D eigenvalue weighted by molar-refractivity contribution is 5.81. The lowest BCUT2D eigenvalue weighted by Crippen LogP contribution is -2.46. The number of halogens is 2. The Bertz CT molecular complexity index is 218. The summed E-state index contributed by atoms with van der Waals surface area (Å²) in [7, 11) is 0. The summed E-state index contributed by atoms with van der Waals surface area (Å²) in [5.74, 6) is -3.16. The normalized spacial score (nSPS) is 29.0. The van der Waals surface area contributed by atoms with Crippen LogP contribution in [0.2, 0.25) is 0 Å². The van der Waals surface area contributed by atoms with E-state index < -0.39 is 23.9 Å². The summed E-state index contributed by atoms with van der Waals surface area (Å²) >= 11 is 0. The first-order chi connectivity index (χ1) is 5.86. The van der Waals surface area contributed by atoms with Crippen molar-refractivity contribution in [3.8, 4) is 0 Å². The molecule has 13 heavy (non-hydrogen) atoms. The molecular weight excluding hydrogens is 178 g/mol. The molecule has 0 spiro atoms. The molecule has 0 aromatic heterocycles. The van der Waals surface area contributed by atoms with Crippen LogP contribution in [0.15, 0.2) is 0 Å². The predicted molar refractivity (Wildman–Crippen MR) is 44.4 cm³/mol. The van der Waals surface area contributed by atoms with E-state index in [0.717, 1.165) is 4.90 Å².